The number of carbonyl (C=O) groups is 2. The van der Waals surface area contributed by atoms with Crippen LogP contribution in [0.3, 0.4) is 0 Å². The molecule has 0 unspecified atom stereocenters. The fourth-order valence-corrected chi connectivity index (χ4v) is 3.81. The van der Waals surface area contributed by atoms with Gasteiger partial charge >= 0.3 is 5.97 Å². The maximum absolute atomic E-state index is 13.1. The maximum Gasteiger partial charge on any atom is 0.325 e. The minimum Gasteiger partial charge on any atom is -0.465 e. The molecule has 1 amide bonds. The Labute approximate surface area is 174 Å². The summed E-state index contributed by atoms with van der Waals surface area (Å²) in [5.74, 6) is -0.499. The zero-order chi connectivity index (χ0) is 20.1. The van der Waals surface area contributed by atoms with E-state index in [1.54, 1.807) is 23.6 Å². The van der Waals surface area contributed by atoms with Crippen molar-refractivity contribution < 1.29 is 14.3 Å². The van der Waals surface area contributed by atoms with Crippen molar-refractivity contribution in [3.8, 4) is 0 Å². The Kier molecular flexibility index (Phi) is 6.81. The van der Waals surface area contributed by atoms with Crippen molar-refractivity contribution in [1.82, 2.24) is 4.90 Å². The standard InChI is InChI=1S/C22H22ClNO3S/c1-3-27-20(25)14-24-13-12-19(22(24)26)21(15-4-8-17(23)9-5-15)16-6-10-18(28-2)11-7-16/h4-11H,3,12-14H2,1-2H3. The van der Waals surface area contributed by atoms with Crippen LogP contribution in [0, 0.1) is 0 Å². The number of amides is 1. The van der Waals surface area contributed by atoms with Crippen LogP contribution in [0.2, 0.25) is 5.02 Å². The van der Waals surface area contributed by atoms with E-state index in [2.05, 4.69) is 0 Å². The highest BCUT2D eigenvalue weighted by Gasteiger charge is 2.31. The van der Waals surface area contributed by atoms with Crippen molar-refractivity contribution in [2.75, 3.05) is 26.0 Å². The molecule has 2 aromatic rings. The molecule has 146 valence electrons. The number of ether oxygens (including phenoxy) is 1. The molecule has 2 aromatic carbocycles. The summed E-state index contributed by atoms with van der Waals surface area (Å²) in [4.78, 5) is 27.6. The SMILES string of the molecule is CCOC(=O)CN1CCC(=C(c2ccc(Cl)cc2)c2ccc(SC)cc2)C1=O. The van der Waals surface area contributed by atoms with Gasteiger partial charge in [0.2, 0.25) is 0 Å². The second-order valence-electron chi connectivity index (χ2n) is 6.37. The van der Waals surface area contributed by atoms with Crippen LogP contribution in [0.1, 0.15) is 24.5 Å². The number of hydrogen-bond acceptors (Lipinski definition) is 4. The van der Waals surface area contributed by atoms with Gasteiger partial charge in [-0.2, -0.15) is 0 Å². The van der Waals surface area contributed by atoms with Crippen LogP contribution in [0.25, 0.3) is 5.57 Å². The third kappa shape index (κ3) is 4.59. The van der Waals surface area contributed by atoms with Crippen molar-refractivity contribution >= 4 is 40.8 Å². The van der Waals surface area contributed by atoms with E-state index in [1.807, 2.05) is 54.8 Å². The number of rotatable bonds is 6. The molecule has 0 saturated carbocycles. The molecule has 0 aliphatic carbocycles. The largest absolute Gasteiger partial charge is 0.465 e. The minimum absolute atomic E-state index is 0.0184. The van der Waals surface area contributed by atoms with Gasteiger partial charge in [-0.15, -0.1) is 11.8 Å². The first-order valence-corrected chi connectivity index (χ1v) is 10.7. The van der Waals surface area contributed by atoms with E-state index < -0.39 is 0 Å². The Balaban J connectivity index is 2.01. The highest BCUT2D eigenvalue weighted by atomic mass is 35.5. The van der Waals surface area contributed by atoms with Gasteiger partial charge in [0.15, 0.2) is 0 Å². The third-order valence-electron chi connectivity index (χ3n) is 4.62. The smallest absolute Gasteiger partial charge is 0.325 e. The molecule has 0 radical (unpaired) electrons. The molecule has 1 aliphatic rings. The first kappa shape index (κ1) is 20.5. The van der Waals surface area contributed by atoms with Gasteiger partial charge in [-0.25, -0.2) is 0 Å². The molecule has 1 fully saturated rings. The highest BCUT2D eigenvalue weighted by Crippen LogP contribution is 2.34. The summed E-state index contributed by atoms with van der Waals surface area (Å²) in [5.41, 5.74) is 3.51. The molecule has 1 heterocycles. The molecule has 1 saturated heterocycles. The molecule has 28 heavy (non-hydrogen) atoms. The lowest BCUT2D eigenvalue weighted by atomic mass is 9.92. The zero-order valence-electron chi connectivity index (χ0n) is 15.9. The highest BCUT2D eigenvalue weighted by molar-refractivity contribution is 7.98. The Hall–Kier alpha value is -2.24. The van der Waals surface area contributed by atoms with Crippen LogP contribution in [-0.4, -0.2) is 42.7 Å². The molecule has 0 bridgehead atoms. The van der Waals surface area contributed by atoms with Gasteiger partial charge in [0, 0.05) is 22.0 Å². The van der Waals surface area contributed by atoms with E-state index >= 15 is 0 Å². The van der Waals surface area contributed by atoms with Crippen LogP contribution in [0.4, 0.5) is 0 Å². The van der Waals surface area contributed by atoms with Gasteiger partial charge in [-0.05, 0) is 60.6 Å². The lowest BCUT2D eigenvalue weighted by Gasteiger charge is -2.16. The van der Waals surface area contributed by atoms with Crippen LogP contribution in [-0.2, 0) is 14.3 Å². The van der Waals surface area contributed by atoms with Crippen LogP contribution in [0.15, 0.2) is 59.0 Å². The van der Waals surface area contributed by atoms with E-state index in [1.165, 1.54) is 0 Å². The summed E-state index contributed by atoms with van der Waals surface area (Å²) < 4.78 is 4.99. The van der Waals surface area contributed by atoms with Gasteiger partial charge in [-0.3, -0.25) is 9.59 Å². The monoisotopic (exact) mass is 415 g/mol. The average Bonchev–Trinajstić information content (AvgIpc) is 3.04. The number of hydrogen-bond donors (Lipinski definition) is 0. The summed E-state index contributed by atoms with van der Waals surface area (Å²) in [6.07, 6.45) is 2.61. The van der Waals surface area contributed by atoms with E-state index in [9.17, 15) is 9.59 Å². The predicted molar refractivity (Wildman–Crippen MR) is 114 cm³/mol. The molecule has 0 N–H and O–H groups in total. The van der Waals surface area contributed by atoms with Crippen molar-refractivity contribution in [3.63, 3.8) is 0 Å². The summed E-state index contributed by atoms with van der Waals surface area (Å²) in [6.45, 7) is 2.55. The van der Waals surface area contributed by atoms with Gasteiger partial charge in [0.05, 0.1) is 6.61 Å². The molecule has 4 nitrogen and oxygen atoms in total. The molecular weight excluding hydrogens is 394 g/mol. The van der Waals surface area contributed by atoms with Crippen LogP contribution in [0.5, 0.6) is 0 Å². The number of benzene rings is 2. The lowest BCUT2D eigenvalue weighted by Crippen LogP contribution is -2.32. The normalized spacial score (nSPS) is 15.7. The number of thioether (sulfide) groups is 1. The number of halogens is 1. The molecule has 1 aliphatic heterocycles. The topological polar surface area (TPSA) is 46.6 Å². The van der Waals surface area contributed by atoms with Crippen molar-refractivity contribution in [2.24, 2.45) is 0 Å². The van der Waals surface area contributed by atoms with Gasteiger partial charge in [0.1, 0.15) is 6.54 Å². The van der Waals surface area contributed by atoms with Gasteiger partial charge in [-0.1, -0.05) is 35.9 Å². The molecular formula is C22H22ClNO3S. The summed E-state index contributed by atoms with van der Waals surface area (Å²) in [6, 6.07) is 15.7. The predicted octanol–water partition coefficient (Wildman–Crippen LogP) is 4.66. The lowest BCUT2D eigenvalue weighted by molar-refractivity contribution is -0.147. The van der Waals surface area contributed by atoms with Crippen molar-refractivity contribution in [1.29, 1.82) is 0 Å². The third-order valence-corrected chi connectivity index (χ3v) is 5.61. The Bertz CT molecular complexity index is 891. The maximum atomic E-state index is 13.1. The molecule has 0 atom stereocenters. The van der Waals surface area contributed by atoms with E-state index in [-0.39, 0.29) is 18.4 Å². The summed E-state index contributed by atoms with van der Waals surface area (Å²) in [5, 5.41) is 0.646. The Morgan fingerprint density at radius 3 is 2.29 bits per heavy atom. The number of nitrogens with zero attached hydrogens (tertiary/aromatic N) is 1. The number of likely N-dealkylation sites (tertiary alicyclic amines) is 1. The van der Waals surface area contributed by atoms with Crippen LogP contribution < -0.4 is 0 Å². The fourth-order valence-electron chi connectivity index (χ4n) is 3.28. The quantitative estimate of drug-likeness (QED) is 0.391. The minimum atomic E-state index is -0.380. The van der Waals surface area contributed by atoms with Crippen molar-refractivity contribution in [2.45, 2.75) is 18.2 Å². The van der Waals surface area contributed by atoms with Crippen LogP contribution >= 0.6 is 23.4 Å². The van der Waals surface area contributed by atoms with Crippen molar-refractivity contribution in [3.05, 3.63) is 70.3 Å². The summed E-state index contributed by atoms with van der Waals surface area (Å²) >= 11 is 7.73. The molecule has 6 heteroatoms. The molecule has 0 spiro atoms. The number of esters is 1. The average molecular weight is 416 g/mol. The van der Waals surface area contributed by atoms with E-state index in [4.69, 9.17) is 16.3 Å². The fraction of sp³-hybridized carbons (Fsp3) is 0.273. The second-order valence-corrected chi connectivity index (χ2v) is 7.69. The first-order chi connectivity index (χ1) is 13.5. The van der Waals surface area contributed by atoms with Gasteiger partial charge in [0.25, 0.3) is 5.91 Å². The van der Waals surface area contributed by atoms with E-state index in [0.717, 1.165) is 21.6 Å². The molecule has 0 aromatic heterocycles. The first-order valence-electron chi connectivity index (χ1n) is 9.12. The zero-order valence-corrected chi connectivity index (χ0v) is 17.5. The van der Waals surface area contributed by atoms with Gasteiger partial charge < -0.3 is 9.64 Å². The summed E-state index contributed by atoms with van der Waals surface area (Å²) in [7, 11) is 0. The second kappa shape index (κ2) is 9.30. The van der Waals surface area contributed by atoms with E-state index in [0.29, 0.717) is 30.2 Å². The Morgan fingerprint density at radius 1 is 1.11 bits per heavy atom. The number of carbonyl (C=O) groups excluding carboxylic acids is 2. The molecule has 3 rings (SSSR count). The Morgan fingerprint density at radius 2 is 1.71 bits per heavy atom.